The van der Waals surface area contributed by atoms with Gasteiger partial charge >= 0.3 is 0 Å². The molecule has 1 N–H and O–H groups in total. The van der Waals surface area contributed by atoms with Gasteiger partial charge in [-0.25, -0.2) is 8.42 Å². The van der Waals surface area contributed by atoms with Crippen molar-refractivity contribution < 1.29 is 18.0 Å². The number of anilines is 1. The maximum atomic E-state index is 13.2. The lowest BCUT2D eigenvalue weighted by Gasteiger charge is -2.29. The number of hydrogen-bond acceptors (Lipinski definition) is 4. The van der Waals surface area contributed by atoms with Crippen molar-refractivity contribution in [1.82, 2.24) is 10.2 Å². The standard InChI is InChI=1S/C25H35N3O4S/c1-6-26-25(30)21(4)27(18-22-10-7-9-20(3)17-22)24(29)11-8-16-28(33(5,31)32)23-14-12-19(2)13-15-23/h7,9-10,12-15,17,21H,6,8,11,16,18H2,1-5H3,(H,26,30). The van der Waals surface area contributed by atoms with Gasteiger partial charge in [-0.2, -0.15) is 0 Å². The second-order valence-corrected chi connectivity index (χ2v) is 10.3. The molecule has 2 rings (SSSR count). The number of nitrogens with zero attached hydrogens (tertiary/aromatic N) is 2. The van der Waals surface area contributed by atoms with E-state index in [0.717, 1.165) is 22.9 Å². The Hall–Kier alpha value is -2.87. The van der Waals surface area contributed by atoms with Gasteiger partial charge in [-0.1, -0.05) is 47.5 Å². The predicted octanol–water partition coefficient (Wildman–Crippen LogP) is 3.40. The Balaban J connectivity index is 2.14. The molecule has 0 radical (unpaired) electrons. The highest BCUT2D eigenvalue weighted by Gasteiger charge is 2.26. The Kier molecular flexibility index (Phi) is 9.46. The summed E-state index contributed by atoms with van der Waals surface area (Å²) < 4.78 is 26.0. The van der Waals surface area contributed by atoms with Gasteiger partial charge in [0.05, 0.1) is 11.9 Å². The zero-order chi connectivity index (χ0) is 24.6. The molecule has 0 fully saturated rings. The SMILES string of the molecule is CCNC(=O)C(C)N(Cc1cccc(C)c1)C(=O)CCCN(c1ccc(C)cc1)S(C)(=O)=O. The summed E-state index contributed by atoms with van der Waals surface area (Å²) in [5.74, 6) is -0.400. The molecule has 33 heavy (non-hydrogen) atoms. The van der Waals surface area contributed by atoms with E-state index in [1.807, 2.05) is 57.2 Å². The maximum Gasteiger partial charge on any atom is 0.242 e. The molecule has 0 aliphatic carbocycles. The Morgan fingerprint density at radius 1 is 1.03 bits per heavy atom. The minimum Gasteiger partial charge on any atom is -0.355 e. The molecule has 7 nitrogen and oxygen atoms in total. The molecule has 1 unspecified atom stereocenters. The van der Waals surface area contributed by atoms with E-state index in [4.69, 9.17) is 0 Å². The van der Waals surface area contributed by atoms with E-state index >= 15 is 0 Å². The van der Waals surface area contributed by atoms with E-state index in [2.05, 4.69) is 5.32 Å². The molecule has 1 atom stereocenters. The number of carbonyl (C=O) groups is 2. The van der Waals surface area contributed by atoms with Crippen LogP contribution in [0.15, 0.2) is 48.5 Å². The van der Waals surface area contributed by atoms with Crippen LogP contribution in [0, 0.1) is 13.8 Å². The van der Waals surface area contributed by atoms with Gasteiger partial charge in [0.15, 0.2) is 0 Å². The minimum absolute atomic E-state index is 0.132. The van der Waals surface area contributed by atoms with Crippen LogP contribution in [0.25, 0.3) is 0 Å². The first kappa shape index (κ1) is 26.4. The number of carbonyl (C=O) groups excluding carboxylic acids is 2. The van der Waals surface area contributed by atoms with Gasteiger partial charge < -0.3 is 10.2 Å². The molecule has 0 bridgehead atoms. The second-order valence-electron chi connectivity index (χ2n) is 8.36. The summed E-state index contributed by atoms with van der Waals surface area (Å²) in [7, 11) is -3.50. The largest absolute Gasteiger partial charge is 0.355 e. The fourth-order valence-electron chi connectivity index (χ4n) is 3.63. The summed E-state index contributed by atoms with van der Waals surface area (Å²) in [6.07, 6.45) is 1.63. The smallest absolute Gasteiger partial charge is 0.242 e. The highest BCUT2D eigenvalue weighted by atomic mass is 32.2. The van der Waals surface area contributed by atoms with Gasteiger partial charge in [0.25, 0.3) is 0 Å². The van der Waals surface area contributed by atoms with Gasteiger partial charge in [-0.05, 0) is 51.8 Å². The van der Waals surface area contributed by atoms with E-state index in [1.54, 1.807) is 24.0 Å². The van der Waals surface area contributed by atoms with Crippen LogP contribution >= 0.6 is 0 Å². The molecular formula is C25H35N3O4S. The van der Waals surface area contributed by atoms with Gasteiger partial charge in [-0.3, -0.25) is 13.9 Å². The number of hydrogen-bond donors (Lipinski definition) is 1. The van der Waals surface area contributed by atoms with Crippen molar-refractivity contribution in [1.29, 1.82) is 0 Å². The van der Waals surface area contributed by atoms with E-state index in [0.29, 0.717) is 25.2 Å². The molecule has 8 heteroatoms. The molecule has 0 saturated carbocycles. The number of likely N-dealkylation sites (N-methyl/N-ethyl adjacent to an activating group) is 1. The molecule has 180 valence electrons. The number of benzene rings is 2. The Morgan fingerprint density at radius 2 is 1.70 bits per heavy atom. The molecular weight excluding hydrogens is 438 g/mol. The lowest BCUT2D eigenvalue weighted by Crippen LogP contribution is -2.47. The summed E-state index contributed by atoms with van der Waals surface area (Å²) in [4.78, 5) is 27.2. The predicted molar refractivity (Wildman–Crippen MR) is 132 cm³/mol. The summed E-state index contributed by atoms with van der Waals surface area (Å²) in [6, 6.07) is 14.4. The summed E-state index contributed by atoms with van der Waals surface area (Å²) in [5.41, 5.74) is 3.63. The van der Waals surface area contributed by atoms with Crippen molar-refractivity contribution in [2.24, 2.45) is 0 Å². The van der Waals surface area contributed by atoms with Gasteiger partial charge in [-0.15, -0.1) is 0 Å². The van der Waals surface area contributed by atoms with Gasteiger partial charge in [0, 0.05) is 26.1 Å². The lowest BCUT2D eigenvalue weighted by atomic mass is 10.1. The van der Waals surface area contributed by atoms with Crippen LogP contribution < -0.4 is 9.62 Å². The van der Waals surface area contributed by atoms with E-state index in [9.17, 15) is 18.0 Å². The maximum absolute atomic E-state index is 13.2. The minimum atomic E-state index is -3.50. The summed E-state index contributed by atoms with van der Waals surface area (Å²) in [6.45, 7) is 8.44. The average molecular weight is 474 g/mol. The first-order chi connectivity index (χ1) is 15.5. The number of nitrogens with one attached hydrogen (secondary N) is 1. The van der Waals surface area contributed by atoms with Crippen LogP contribution in [0.1, 0.15) is 43.4 Å². The van der Waals surface area contributed by atoms with Crippen molar-refractivity contribution in [3.63, 3.8) is 0 Å². The average Bonchev–Trinajstić information content (AvgIpc) is 2.74. The third kappa shape index (κ3) is 7.89. The van der Waals surface area contributed by atoms with Crippen molar-refractivity contribution in [3.8, 4) is 0 Å². The molecule has 2 aromatic carbocycles. The van der Waals surface area contributed by atoms with Crippen LogP contribution in [0.4, 0.5) is 5.69 Å². The highest BCUT2D eigenvalue weighted by molar-refractivity contribution is 7.92. The van der Waals surface area contributed by atoms with Crippen LogP contribution in [0.3, 0.4) is 0 Å². The molecule has 0 aliphatic rings. The van der Waals surface area contributed by atoms with Crippen molar-refractivity contribution in [2.45, 2.75) is 53.1 Å². The topological polar surface area (TPSA) is 86.8 Å². The molecule has 2 amide bonds. The summed E-state index contributed by atoms with van der Waals surface area (Å²) >= 11 is 0. The van der Waals surface area contributed by atoms with E-state index in [-0.39, 0.29) is 24.8 Å². The van der Waals surface area contributed by atoms with Crippen molar-refractivity contribution in [3.05, 3.63) is 65.2 Å². The molecule has 0 aromatic heterocycles. The second kappa shape index (κ2) is 11.8. The highest BCUT2D eigenvalue weighted by Crippen LogP contribution is 2.20. The van der Waals surface area contributed by atoms with Crippen LogP contribution in [0.2, 0.25) is 0 Å². The third-order valence-corrected chi connectivity index (χ3v) is 6.62. The third-order valence-electron chi connectivity index (χ3n) is 5.43. The van der Waals surface area contributed by atoms with E-state index < -0.39 is 16.1 Å². The number of amides is 2. The quantitative estimate of drug-likeness (QED) is 0.542. The first-order valence-electron chi connectivity index (χ1n) is 11.2. The Labute approximate surface area is 197 Å². The fourth-order valence-corrected chi connectivity index (χ4v) is 4.59. The van der Waals surface area contributed by atoms with E-state index in [1.165, 1.54) is 4.31 Å². The normalized spacial score (nSPS) is 12.2. The monoisotopic (exact) mass is 473 g/mol. The Morgan fingerprint density at radius 3 is 2.27 bits per heavy atom. The lowest BCUT2D eigenvalue weighted by molar-refractivity contribution is -0.140. The number of rotatable bonds is 11. The molecule has 0 aliphatic heterocycles. The van der Waals surface area contributed by atoms with Crippen LogP contribution in [-0.2, 0) is 26.2 Å². The van der Waals surface area contributed by atoms with Crippen LogP contribution in [0.5, 0.6) is 0 Å². The molecule has 0 spiro atoms. The van der Waals surface area contributed by atoms with Crippen molar-refractivity contribution in [2.75, 3.05) is 23.7 Å². The Bertz CT molecular complexity index is 1050. The zero-order valence-electron chi connectivity index (χ0n) is 20.2. The molecule has 2 aromatic rings. The fraction of sp³-hybridized carbons (Fsp3) is 0.440. The van der Waals surface area contributed by atoms with Gasteiger partial charge in [0.2, 0.25) is 21.8 Å². The van der Waals surface area contributed by atoms with Gasteiger partial charge in [0.1, 0.15) is 6.04 Å². The number of sulfonamides is 1. The summed E-state index contributed by atoms with van der Waals surface area (Å²) in [5, 5.41) is 2.78. The first-order valence-corrected chi connectivity index (χ1v) is 13.0. The number of aryl methyl sites for hydroxylation is 2. The molecule has 0 saturated heterocycles. The van der Waals surface area contributed by atoms with Crippen LogP contribution in [-0.4, -0.2) is 50.5 Å². The van der Waals surface area contributed by atoms with Crippen molar-refractivity contribution >= 4 is 27.5 Å². The molecule has 0 heterocycles. The zero-order valence-corrected chi connectivity index (χ0v) is 21.0.